The van der Waals surface area contributed by atoms with Gasteiger partial charge >= 0.3 is 0 Å². The van der Waals surface area contributed by atoms with E-state index in [-0.39, 0.29) is 5.82 Å². The molecule has 1 N–H and O–H groups in total. The van der Waals surface area contributed by atoms with Crippen LogP contribution < -0.4 is 10.1 Å². The summed E-state index contributed by atoms with van der Waals surface area (Å²) in [6.07, 6.45) is 1.58. The molecule has 4 heteroatoms. The Morgan fingerprint density at radius 1 is 1.19 bits per heavy atom. The van der Waals surface area contributed by atoms with Crippen molar-refractivity contribution in [3.05, 3.63) is 63.9 Å². The van der Waals surface area contributed by atoms with Crippen molar-refractivity contribution in [2.75, 3.05) is 13.2 Å². The number of hydrogen-bond donors (Lipinski definition) is 1. The van der Waals surface area contributed by atoms with E-state index >= 15 is 0 Å². The van der Waals surface area contributed by atoms with E-state index in [0.717, 1.165) is 34.9 Å². The van der Waals surface area contributed by atoms with Gasteiger partial charge in [-0.2, -0.15) is 0 Å². The topological polar surface area (TPSA) is 21.3 Å². The van der Waals surface area contributed by atoms with Crippen LogP contribution in [-0.2, 0) is 19.4 Å². The Balaban J connectivity index is 1.58. The molecule has 21 heavy (non-hydrogen) atoms. The Bertz CT molecular complexity index is 645. The smallest absolute Gasteiger partial charge is 0.127 e. The highest BCUT2D eigenvalue weighted by molar-refractivity contribution is 6.30. The third kappa shape index (κ3) is 3.36. The van der Waals surface area contributed by atoms with E-state index in [9.17, 15) is 4.39 Å². The summed E-state index contributed by atoms with van der Waals surface area (Å²) < 4.78 is 19.2. The molecule has 0 bridgehead atoms. The number of ether oxygens (including phenoxy) is 1. The zero-order valence-corrected chi connectivity index (χ0v) is 12.4. The zero-order valence-electron chi connectivity index (χ0n) is 11.7. The summed E-state index contributed by atoms with van der Waals surface area (Å²) in [6.45, 7) is 2.11. The van der Waals surface area contributed by atoms with Crippen LogP contribution in [0.4, 0.5) is 4.39 Å². The second-order valence-electron chi connectivity index (χ2n) is 5.17. The zero-order chi connectivity index (χ0) is 14.7. The first-order chi connectivity index (χ1) is 10.2. The number of nitrogens with one attached hydrogen (secondary N) is 1. The maximum Gasteiger partial charge on any atom is 0.127 e. The highest BCUT2D eigenvalue weighted by atomic mass is 35.5. The summed E-state index contributed by atoms with van der Waals surface area (Å²) in [5, 5.41) is 4.07. The van der Waals surface area contributed by atoms with Crippen molar-refractivity contribution in [2.45, 2.75) is 19.4 Å². The molecule has 0 fully saturated rings. The maximum atomic E-state index is 13.5. The first-order valence-corrected chi connectivity index (χ1v) is 7.50. The predicted molar refractivity (Wildman–Crippen MR) is 82.5 cm³/mol. The normalized spacial score (nSPS) is 13.0. The fourth-order valence-electron chi connectivity index (χ4n) is 2.62. The summed E-state index contributed by atoms with van der Waals surface area (Å²) in [6, 6.07) is 10.8. The standard InChI is InChI=1S/C17H17ClFNO/c18-15-9-13-6-8-21-17(13)14(10-15)11-20-7-5-12-3-1-2-4-16(12)19/h1-4,9-10,20H,5-8,11H2. The van der Waals surface area contributed by atoms with Crippen LogP contribution in [0.25, 0.3) is 0 Å². The second-order valence-corrected chi connectivity index (χ2v) is 5.61. The molecule has 2 aromatic rings. The van der Waals surface area contributed by atoms with Gasteiger partial charge in [-0.05, 0) is 42.3 Å². The lowest BCUT2D eigenvalue weighted by atomic mass is 10.1. The molecule has 110 valence electrons. The van der Waals surface area contributed by atoms with Crippen molar-refractivity contribution in [3.63, 3.8) is 0 Å². The lowest BCUT2D eigenvalue weighted by Crippen LogP contribution is -2.17. The highest BCUT2D eigenvalue weighted by Gasteiger charge is 2.17. The molecule has 0 radical (unpaired) electrons. The third-order valence-corrected chi connectivity index (χ3v) is 3.89. The van der Waals surface area contributed by atoms with Crippen molar-refractivity contribution >= 4 is 11.6 Å². The number of hydrogen-bond acceptors (Lipinski definition) is 2. The lowest BCUT2D eigenvalue weighted by Gasteiger charge is -2.10. The molecule has 0 amide bonds. The second kappa shape index (κ2) is 6.46. The SMILES string of the molecule is Fc1ccccc1CCNCc1cc(Cl)cc2c1OCC2. The molecule has 0 aliphatic carbocycles. The Labute approximate surface area is 128 Å². The van der Waals surface area contributed by atoms with Gasteiger partial charge in [0.25, 0.3) is 0 Å². The minimum Gasteiger partial charge on any atom is -0.493 e. The Morgan fingerprint density at radius 2 is 2.05 bits per heavy atom. The van der Waals surface area contributed by atoms with E-state index in [0.29, 0.717) is 19.5 Å². The van der Waals surface area contributed by atoms with Crippen molar-refractivity contribution in [1.29, 1.82) is 0 Å². The molecule has 1 aliphatic heterocycles. The van der Waals surface area contributed by atoms with Gasteiger partial charge in [-0.15, -0.1) is 0 Å². The minimum atomic E-state index is -0.147. The van der Waals surface area contributed by atoms with Crippen LogP contribution >= 0.6 is 11.6 Å². The third-order valence-electron chi connectivity index (χ3n) is 3.67. The summed E-state index contributed by atoms with van der Waals surface area (Å²) in [7, 11) is 0. The van der Waals surface area contributed by atoms with Gasteiger partial charge in [0.05, 0.1) is 6.61 Å². The van der Waals surface area contributed by atoms with Crippen molar-refractivity contribution < 1.29 is 9.13 Å². The Morgan fingerprint density at radius 3 is 2.90 bits per heavy atom. The van der Waals surface area contributed by atoms with E-state index in [1.54, 1.807) is 6.07 Å². The van der Waals surface area contributed by atoms with E-state index in [1.165, 1.54) is 11.6 Å². The summed E-state index contributed by atoms with van der Waals surface area (Å²) in [5.41, 5.74) is 2.98. The molecule has 3 rings (SSSR count). The first kappa shape index (κ1) is 14.4. The highest BCUT2D eigenvalue weighted by Crippen LogP contribution is 2.32. The maximum absolute atomic E-state index is 13.5. The number of rotatable bonds is 5. The van der Waals surface area contributed by atoms with E-state index in [2.05, 4.69) is 5.32 Å². The molecule has 1 heterocycles. The van der Waals surface area contributed by atoms with Crippen LogP contribution in [-0.4, -0.2) is 13.2 Å². The van der Waals surface area contributed by atoms with Crippen LogP contribution in [0.5, 0.6) is 5.75 Å². The number of fused-ring (bicyclic) bond motifs is 1. The number of benzene rings is 2. The summed E-state index contributed by atoms with van der Waals surface area (Å²) >= 11 is 6.13. The van der Waals surface area contributed by atoms with Gasteiger partial charge in [0.15, 0.2) is 0 Å². The van der Waals surface area contributed by atoms with Crippen LogP contribution in [0.1, 0.15) is 16.7 Å². The average molecular weight is 306 g/mol. The quantitative estimate of drug-likeness (QED) is 0.850. The van der Waals surface area contributed by atoms with Gasteiger partial charge in [-0.1, -0.05) is 29.8 Å². The van der Waals surface area contributed by atoms with Crippen molar-refractivity contribution in [1.82, 2.24) is 5.32 Å². The van der Waals surface area contributed by atoms with Crippen LogP contribution in [0.2, 0.25) is 5.02 Å². The Hall–Kier alpha value is -1.58. The monoisotopic (exact) mass is 305 g/mol. The van der Waals surface area contributed by atoms with E-state index < -0.39 is 0 Å². The lowest BCUT2D eigenvalue weighted by molar-refractivity contribution is 0.352. The molecule has 2 aromatic carbocycles. The molecule has 0 saturated carbocycles. The van der Waals surface area contributed by atoms with E-state index in [4.69, 9.17) is 16.3 Å². The largest absolute Gasteiger partial charge is 0.493 e. The fourth-order valence-corrected chi connectivity index (χ4v) is 2.89. The van der Waals surface area contributed by atoms with Gasteiger partial charge in [0.2, 0.25) is 0 Å². The van der Waals surface area contributed by atoms with Gasteiger partial charge in [0.1, 0.15) is 11.6 Å². The first-order valence-electron chi connectivity index (χ1n) is 7.12. The number of halogens is 2. The van der Waals surface area contributed by atoms with Gasteiger partial charge in [0, 0.05) is 23.6 Å². The molecular weight excluding hydrogens is 289 g/mol. The minimum absolute atomic E-state index is 0.147. The average Bonchev–Trinajstić information content (AvgIpc) is 2.93. The van der Waals surface area contributed by atoms with Gasteiger partial charge < -0.3 is 10.1 Å². The van der Waals surface area contributed by atoms with E-state index in [1.807, 2.05) is 24.3 Å². The van der Waals surface area contributed by atoms with Crippen LogP contribution in [0, 0.1) is 5.82 Å². The van der Waals surface area contributed by atoms with Gasteiger partial charge in [-0.3, -0.25) is 0 Å². The summed E-state index contributed by atoms with van der Waals surface area (Å²) in [4.78, 5) is 0. The van der Waals surface area contributed by atoms with Crippen molar-refractivity contribution in [2.24, 2.45) is 0 Å². The van der Waals surface area contributed by atoms with Crippen LogP contribution in [0.3, 0.4) is 0 Å². The van der Waals surface area contributed by atoms with Crippen LogP contribution in [0.15, 0.2) is 36.4 Å². The molecule has 0 saturated heterocycles. The summed E-state index contributed by atoms with van der Waals surface area (Å²) in [5.74, 6) is 0.809. The molecule has 1 aliphatic rings. The molecule has 0 atom stereocenters. The molecule has 0 unspecified atom stereocenters. The molecule has 0 aromatic heterocycles. The Kier molecular flexibility index (Phi) is 4.42. The molecular formula is C17H17ClFNO. The predicted octanol–water partition coefficient (Wildman–Crippen LogP) is 3.75. The van der Waals surface area contributed by atoms with Crippen molar-refractivity contribution in [3.8, 4) is 5.75 Å². The molecule has 2 nitrogen and oxygen atoms in total. The molecule has 0 spiro atoms. The van der Waals surface area contributed by atoms with Gasteiger partial charge in [-0.25, -0.2) is 4.39 Å². The fraction of sp³-hybridized carbons (Fsp3) is 0.294.